The highest BCUT2D eigenvalue weighted by atomic mass is 16.7. The fourth-order valence-corrected chi connectivity index (χ4v) is 1.48. The second-order valence-electron chi connectivity index (χ2n) is 4.71. The van der Waals surface area contributed by atoms with Crippen molar-refractivity contribution in [3.05, 3.63) is 0 Å². The second-order valence-corrected chi connectivity index (χ2v) is 4.71. The van der Waals surface area contributed by atoms with Crippen LogP contribution in [0.2, 0.25) is 0 Å². The first-order chi connectivity index (χ1) is 10.2. The molecule has 22 heavy (non-hydrogen) atoms. The maximum absolute atomic E-state index is 11.1. The minimum atomic E-state index is -1.64. The van der Waals surface area contributed by atoms with Crippen molar-refractivity contribution >= 4 is 18.0 Å². The number of hydroxylamine groups is 1. The van der Waals surface area contributed by atoms with Gasteiger partial charge < -0.3 is 20.3 Å². The zero-order valence-corrected chi connectivity index (χ0v) is 12.7. The van der Waals surface area contributed by atoms with Crippen LogP contribution in [0.3, 0.4) is 0 Å². The summed E-state index contributed by atoms with van der Waals surface area (Å²) in [5.74, 6) is -1.26. The normalized spacial score (nSPS) is 14.4. The second kappa shape index (κ2) is 9.76. The Morgan fingerprint density at radius 2 is 1.86 bits per heavy atom. The van der Waals surface area contributed by atoms with Crippen LogP contribution in [0.25, 0.3) is 0 Å². The number of aliphatic carboxylic acids is 1. The van der Waals surface area contributed by atoms with Gasteiger partial charge in [0.1, 0.15) is 0 Å². The predicted octanol–water partition coefficient (Wildman–Crippen LogP) is -2.52. The van der Waals surface area contributed by atoms with Gasteiger partial charge in [-0.05, 0) is 6.42 Å². The molecule has 0 saturated carbocycles. The Morgan fingerprint density at radius 1 is 1.27 bits per heavy atom. The van der Waals surface area contributed by atoms with Gasteiger partial charge in [0.25, 0.3) is 0 Å². The van der Waals surface area contributed by atoms with Crippen LogP contribution >= 0.6 is 0 Å². The van der Waals surface area contributed by atoms with Gasteiger partial charge in [0.05, 0.1) is 0 Å². The van der Waals surface area contributed by atoms with E-state index in [9.17, 15) is 24.6 Å². The number of rotatable bonds is 8. The molecule has 0 saturated heterocycles. The summed E-state index contributed by atoms with van der Waals surface area (Å²) in [5, 5.41) is 25.1. The summed E-state index contributed by atoms with van der Waals surface area (Å²) in [4.78, 5) is 37.5. The van der Waals surface area contributed by atoms with E-state index >= 15 is 0 Å². The van der Waals surface area contributed by atoms with Gasteiger partial charge >= 0.3 is 12.1 Å². The molecule has 0 aromatic carbocycles. The van der Waals surface area contributed by atoms with Crippen LogP contribution < -0.4 is 32.1 Å². The first-order valence-electron chi connectivity index (χ1n) is 6.57. The van der Waals surface area contributed by atoms with Gasteiger partial charge in [0.2, 0.25) is 6.41 Å². The van der Waals surface area contributed by atoms with Crippen molar-refractivity contribution < 1.29 is 29.4 Å². The molecule has 0 heterocycles. The van der Waals surface area contributed by atoms with Crippen LogP contribution in [0.1, 0.15) is 26.7 Å². The maximum atomic E-state index is 11.1. The van der Waals surface area contributed by atoms with E-state index in [4.69, 9.17) is 0 Å². The molecule has 0 aromatic rings. The summed E-state index contributed by atoms with van der Waals surface area (Å²) in [6.07, 6.45) is -0.671. The number of urea groups is 2. The number of hydrogen-bond donors (Lipinski definition) is 6. The number of carbonyl (C=O) groups is 3. The highest BCUT2D eigenvalue weighted by molar-refractivity contribution is 5.79. The predicted molar refractivity (Wildman–Crippen MR) is 72.4 cm³/mol. The highest BCUT2D eigenvalue weighted by Gasteiger charge is 2.26. The molecule has 0 fully saturated rings. The number of carboxylic acid groups (broad SMARTS) is 1. The molecular weight excluding hydrogens is 298 g/mol. The van der Waals surface area contributed by atoms with Crippen molar-refractivity contribution in [1.82, 2.24) is 27.0 Å². The number of hydrazine groups is 1. The van der Waals surface area contributed by atoms with Gasteiger partial charge in [-0.3, -0.25) is 5.32 Å². The van der Waals surface area contributed by atoms with Crippen molar-refractivity contribution in [2.45, 2.75) is 33.1 Å². The lowest BCUT2D eigenvalue weighted by molar-refractivity contribution is -0.319. The number of amides is 4. The summed E-state index contributed by atoms with van der Waals surface area (Å²) < 4.78 is 0. The molecule has 0 spiro atoms. The Labute approximate surface area is 127 Å². The molecule has 2 atom stereocenters. The van der Waals surface area contributed by atoms with E-state index < -0.39 is 29.9 Å². The lowest BCUT2D eigenvalue weighted by Crippen LogP contribution is -2.53. The van der Waals surface area contributed by atoms with Crippen LogP contribution in [0.5, 0.6) is 0 Å². The monoisotopic (exact) mass is 320 g/mol. The molecule has 0 aliphatic rings. The molecule has 11 heteroatoms. The fraction of sp³-hybridized carbons (Fsp3) is 0.727. The summed E-state index contributed by atoms with van der Waals surface area (Å²) in [6.45, 7) is 3.17. The molecule has 0 aliphatic carbocycles. The largest absolute Gasteiger partial charge is 0.550 e. The minimum absolute atomic E-state index is 0.121. The SMILES string of the molecule is CCC[C@](C)(CNC(O)ONC(=O)NNC(=O)NC)C(=O)[O-]. The van der Waals surface area contributed by atoms with Gasteiger partial charge in [0.15, 0.2) is 0 Å². The van der Waals surface area contributed by atoms with Gasteiger partial charge in [-0.25, -0.2) is 30.8 Å². The van der Waals surface area contributed by atoms with Crippen LogP contribution in [-0.4, -0.2) is 43.1 Å². The number of carbonyl (C=O) groups excluding carboxylic acids is 3. The topological polar surface area (TPSA) is 164 Å². The quantitative estimate of drug-likeness (QED) is 0.212. The molecule has 0 aliphatic heterocycles. The molecule has 0 rings (SSSR count). The third kappa shape index (κ3) is 7.61. The molecular formula is C11H22N5O6-. The fourth-order valence-electron chi connectivity index (χ4n) is 1.48. The van der Waals surface area contributed by atoms with E-state index in [0.717, 1.165) is 0 Å². The smallest absolute Gasteiger partial charge is 0.357 e. The first-order valence-corrected chi connectivity index (χ1v) is 6.57. The van der Waals surface area contributed by atoms with E-state index in [-0.39, 0.29) is 6.54 Å². The lowest BCUT2D eigenvalue weighted by Gasteiger charge is -2.31. The zero-order chi connectivity index (χ0) is 17.2. The van der Waals surface area contributed by atoms with E-state index in [1.165, 1.54) is 14.0 Å². The van der Waals surface area contributed by atoms with Crippen molar-refractivity contribution in [1.29, 1.82) is 0 Å². The minimum Gasteiger partial charge on any atom is -0.550 e. The van der Waals surface area contributed by atoms with Gasteiger partial charge in [-0.2, -0.15) is 0 Å². The highest BCUT2D eigenvalue weighted by Crippen LogP contribution is 2.21. The van der Waals surface area contributed by atoms with Crippen molar-refractivity contribution in [2.24, 2.45) is 5.41 Å². The van der Waals surface area contributed by atoms with Crippen molar-refractivity contribution in [3.8, 4) is 0 Å². The molecule has 0 radical (unpaired) electrons. The number of hydrogen-bond acceptors (Lipinski definition) is 7. The standard InChI is InChI=1S/C11H23N5O6/c1-4-5-11(2,7(17)18)6-13-10(21)22-16-9(20)15-14-8(19)12-3/h10,13,21H,4-6H2,1-3H3,(H,17,18)(H2,12,14,19)(H2,15,16,20)/p-1/t10?,11-/m1/s1. The number of nitrogens with one attached hydrogen (secondary N) is 5. The summed E-state index contributed by atoms with van der Waals surface area (Å²) in [7, 11) is 1.35. The Morgan fingerprint density at radius 3 is 2.36 bits per heavy atom. The van der Waals surface area contributed by atoms with Crippen molar-refractivity contribution in [2.75, 3.05) is 13.6 Å². The Balaban J connectivity index is 4.08. The molecule has 0 bridgehead atoms. The number of aliphatic hydroxyl groups is 1. The molecule has 4 amide bonds. The Hall–Kier alpha value is -2.11. The van der Waals surface area contributed by atoms with Gasteiger partial charge in [-0.15, -0.1) is 0 Å². The van der Waals surface area contributed by atoms with E-state index in [1.54, 1.807) is 5.48 Å². The summed E-state index contributed by atoms with van der Waals surface area (Å²) >= 11 is 0. The Kier molecular flexibility index (Phi) is 8.82. The number of aliphatic hydroxyl groups excluding tert-OH is 1. The molecule has 128 valence electrons. The van der Waals surface area contributed by atoms with Crippen LogP contribution in [0.15, 0.2) is 0 Å². The third-order valence-electron chi connectivity index (χ3n) is 2.74. The summed E-state index contributed by atoms with van der Waals surface area (Å²) in [5.41, 5.74) is 4.50. The third-order valence-corrected chi connectivity index (χ3v) is 2.74. The first kappa shape index (κ1) is 19.9. The van der Waals surface area contributed by atoms with Crippen LogP contribution in [-0.2, 0) is 9.63 Å². The van der Waals surface area contributed by atoms with E-state index in [1.807, 2.05) is 17.8 Å². The molecule has 11 nitrogen and oxygen atoms in total. The number of carboxylic acids is 1. The molecule has 1 unspecified atom stereocenters. The average molecular weight is 320 g/mol. The summed E-state index contributed by atoms with van der Waals surface area (Å²) in [6, 6.07) is -1.60. The average Bonchev–Trinajstić information content (AvgIpc) is 2.48. The van der Waals surface area contributed by atoms with E-state index in [2.05, 4.69) is 15.5 Å². The molecule has 6 N–H and O–H groups in total. The van der Waals surface area contributed by atoms with E-state index in [0.29, 0.717) is 12.8 Å². The Bertz CT molecular complexity index is 393. The van der Waals surface area contributed by atoms with Crippen molar-refractivity contribution in [3.63, 3.8) is 0 Å². The zero-order valence-electron chi connectivity index (χ0n) is 12.7. The van der Waals surface area contributed by atoms with Gasteiger partial charge in [0, 0.05) is 25.0 Å². The lowest BCUT2D eigenvalue weighted by atomic mass is 9.86. The molecule has 0 aromatic heterocycles. The van der Waals surface area contributed by atoms with Crippen LogP contribution in [0, 0.1) is 5.41 Å². The van der Waals surface area contributed by atoms with Crippen LogP contribution in [0.4, 0.5) is 9.59 Å². The van der Waals surface area contributed by atoms with Gasteiger partial charge in [-0.1, -0.05) is 20.3 Å². The maximum Gasteiger partial charge on any atom is 0.357 e.